The summed E-state index contributed by atoms with van der Waals surface area (Å²) in [6.45, 7) is 0.00772. The maximum absolute atomic E-state index is 12.8. The van der Waals surface area contributed by atoms with Crippen molar-refractivity contribution >= 4 is 21.5 Å². The highest BCUT2D eigenvalue weighted by Gasteiger charge is 2.39. The molecule has 33 heavy (non-hydrogen) atoms. The van der Waals surface area contributed by atoms with Crippen molar-refractivity contribution in [1.82, 2.24) is 14.2 Å². The number of fused-ring (bicyclic) bond motifs is 1. The van der Waals surface area contributed by atoms with Crippen molar-refractivity contribution in [2.75, 3.05) is 27.0 Å². The third-order valence-corrected chi connectivity index (χ3v) is 7.64. The standard InChI is InChI=1S/C25H31N3O4S/c1-27(2)25(30)21-15-20-16-28(33(3,31)32)22(12-13-29)23(20)24(26-21)19-11-7-10-18(14-19)17-8-5-4-6-9-17/h7-8,10-11,14-15,22,29H,4-6,9,12-13,16H2,1-3H3/t22-/m0/s1. The lowest BCUT2D eigenvalue weighted by molar-refractivity contribution is 0.0822. The van der Waals surface area contributed by atoms with Crippen LogP contribution in [0, 0.1) is 0 Å². The van der Waals surface area contributed by atoms with Gasteiger partial charge in [-0.1, -0.05) is 24.3 Å². The summed E-state index contributed by atoms with van der Waals surface area (Å²) in [4.78, 5) is 19.0. The largest absolute Gasteiger partial charge is 0.396 e. The zero-order valence-corrected chi connectivity index (χ0v) is 20.2. The van der Waals surface area contributed by atoms with E-state index in [9.17, 15) is 18.3 Å². The minimum absolute atomic E-state index is 0.152. The predicted molar refractivity (Wildman–Crippen MR) is 129 cm³/mol. The zero-order chi connectivity index (χ0) is 23.8. The Labute approximate surface area is 195 Å². The number of aliphatic hydroxyl groups is 1. The van der Waals surface area contributed by atoms with Crippen LogP contribution in [-0.4, -0.2) is 60.6 Å². The quantitative estimate of drug-likeness (QED) is 0.698. The first-order valence-corrected chi connectivity index (χ1v) is 13.2. The summed E-state index contributed by atoms with van der Waals surface area (Å²) in [5, 5.41) is 9.72. The lowest BCUT2D eigenvalue weighted by Gasteiger charge is -2.23. The lowest BCUT2D eigenvalue weighted by Crippen LogP contribution is -2.29. The highest BCUT2D eigenvalue weighted by Crippen LogP contribution is 2.43. The van der Waals surface area contributed by atoms with E-state index in [-0.39, 0.29) is 31.2 Å². The number of hydrogen-bond acceptors (Lipinski definition) is 5. The molecule has 2 heterocycles. The second kappa shape index (κ2) is 9.37. The molecule has 1 atom stereocenters. The van der Waals surface area contributed by atoms with Gasteiger partial charge in [0.25, 0.3) is 5.91 Å². The molecule has 1 aromatic heterocycles. The van der Waals surface area contributed by atoms with E-state index in [2.05, 4.69) is 18.2 Å². The molecule has 0 unspecified atom stereocenters. The number of rotatable bonds is 6. The molecule has 1 aliphatic carbocycles. The fourth-order valence-electron chi connectivity index (χ4n) is 4.82. The number of aliphatic hydroxyl groups excluding tert-OH is 1. The molecule has 7 nitrogen and oxygen atoms in total. The summed E-state index contributed by atoms with van der Waals surface area (Å²) in [7, 11) is -0.183. The van der Waals surface area contributed by atoms with Gasteiger partial charge in [0.05, 0.1) is 18.0 Å². The lowest BCUT2D eigenvalue weighted by atomic mass is 9.90. The molecular formula is C25H31N3O4S. The molecule has 0 radical (unpaired) electrons. The number of amides is 1. The number of aromatic nitrogens is 1. The topological polar surface area (TPSA) is 90.8 Å². The molecule has 0 spiro atoms. The summed E-state index contributed by atoms with van der Waals surface area (Å²) in [5.74, 6) is -0.235. The number of sulfonamides is 1. The number of nitrogens with zero attached hydrogens (tertiary/aromatic N) is 3. The fraction of sp³-hybridized carbons (Fsp3) is 0.440. The van der Waals surface area contributed by atoms with Crippen LogP contribution >= 0.6 is 0 Å². The van der Waals surface area contributed by atoms with Crippen molar-refractivity contribution in [2.45, 2.75) is 44.7 Å². The average molecular weight is 470 g/mol. The predicted octanol–water partition coefficient (Wildman–Crippen LogP) is 3.61. The van der Waals surface area contributed by atoms with Crippen LogP contribution in [0.4, 0.5) is 0 Å². The van der Waals surface area contributed by atoms with Gasteiger partial charge in [-0.15, -0.1) is 0 Å². The number of allylic oxidation sites excluding steroid dienone is 2. The second-order valence-electron chi connectivity index (χ2n) is 9.02. The summed E-state index contributed by atoms with van der Waals surface area (Å²) in [5.41, 5.74) is 5.72. The van der Waals surface area contributed by atoms with Crippen molar-refractivity contribution in [3.05, 3.63) is 58.8 Å². The Bertz CT molecular complexity index is 1200. The summed E-state index contributed by atoms with van der Waals surface area (Å²) < 4.78 is 26.5. The van der Waals surface area contributed by atoms with Crippen molar-refractivity contribution < 1.29 is 18.3 Å². The smallest absolute Gasteiger partial charge is 0.271 e. The second-order valence-corrected chi connectivity index (χ2v) is 11.0. The average Bonchev–Trinajstić information content (AvgIpc) is 3.18. The van der Waals surface area contributed by atoms with Gasteiger partial charge < -0.3 is 10.0 Å². The fourth-order valence-corrected chi connectivity index (χ4v) is 5.86. The summed E-state index contributed by atoms with van der Waals surface area (Å²) >= 11 is 0. The third-order valence-electron chi connectivity index (χ3n) is 6.40. The van der Waals surface area contributed by atoms with Gasteiger partial charge in [-0.25, -0.2) is 13.4 Å². The van der Waals surface area contributed by atoms with E-state index in [1.807, 2.05) is 12.1 Å². The van der Waals surface area contributed by atoms with Crippen LogP contribution in [0.25, 0.3) is 16.8 Å². The van der Waals surface area contributed by atoms with Gasteiger partial charge >= 0.3 is 0 Å². The number of pyridine rings is 1. The van der Waals surface area contributed by atoms with Crippen LogP contribution in [0.1, 0.15) is 65.3 Å². The monoisotopic (exact) mass is 469 g/mol. The van der Waals surface area contributed by atoms with E-state index in [1.54, 1.807) is 20.2 Å². The Kier molecular flexibility index (Phi) is 6.70. The Morgan fingerprint density at radius 1 is 1.21 bits per heavy atom. The SMILES string of the molecule is CN(C)C(=O)c1cc2c(c(-c3cccc(C4=CCCCC4)c3)n1)[C@H](CCO)N(S(C)(=O)=O)C2. The molecule has 0 fully saturated rings. The molecule has 0 saturated heterocycles. The van der Waals surface area contributed by atoms with Crippen LogP contribution < -0.4 is 0 Å². The van der Waals surface area contributed by atoms with Crippen molar-refractivity contribution in [3.8, 4) is 11.3 Å². The van der Waals surface area contributed by atoms with Crippen LogP contribution in [0.3, 0.4) is 0 Å². The first-order valence-electron chi connectivity index (χ1n) is 11.3. The molecule has 8 heteroatoms. The highest BCUT2D eigenvalue weighted by molar-refractivity contribution is 7.88. The number of carbonyl (C=O) groups is 1. The number of carbonyl (C=O) groups excluding carboxylic acids is 1. The molecule has 1 amide bonds. The van der Waals surface area contributed by atoms with E-state index in [0.29, 0.717) is 5.69 Å². The Morgan fingerprint density at radius 3 is 2.61 bits per heavy atom. The normalized spacial score (nSPS) is 18.7. The van der Waals surface area contributed by atoms with Crippen LogP contribution in [0.15, 0.2) is 36.4 Å². The minimum atomic E-state index is -3.53. The summed E-state index contributed by atoms with van der Waals surface area (Å²) in [6.07, 6.45) is 8.20. The van der Waals surface area contributed by atoms with Crippen LogP contribution in [0.2, 0.25) is 0 Å². The van der Waals surface area contributed by atoms with Gasteiger partial charge in [-0.05, 0) is 60.9 Å². The molecule has 176 valence electrons. The first-order chi connectivity index (χ1) is 15.7. The van der Waals surface area contributed by atoms with E-state index in [0.717, 1.165) is 35.1 Å². The molecule has 4 rings (SSSR count). The molecule has 1 N–H and O–H groups in total. The van der Waals surface area contributed by atoms with E-state index < -0.39 is 16.1 Å². The maximum atomic E-state index is 12.8. The van der Waals surface area contributed by atoms with Gasteiger partial charge in [0, 0.05) is 38.4 Å². The number of hydrogen-bond donors (Lipinski definition) is 1. The summed E-state index contributed by atoms with van der Waals surface area (Å²) in [6, 6.07) is 9.29. The van der Waals surface area contributed by atoms with Crippen LogP contribution in [0.5, 0.6) is 0 Å². The van der Waals surface area contributed by atoms with Gasteiger partial charge in [-0.2, -0.15) is 4.31 Å². The van der Waals surface area contributed by atoms with E-state index >= 15 is 0 Å². The van der Waals surface area contributed by atoms with E-state index in [1.165, 1.54) is 33.9 Å². The maximum Gasteiger partial charge on any atom is 0.271 e. The Hall–Kier alpha value is -2.55. The molecule has 2 aromatic rings. The Balaban J connectivity index is 1.91. The molecule has 1 aliphatic heterocycles. The highest BCUT2D eigenvalue weighted by atomic mass is 32.2. The van der Waals surface area contributed by atoms with Gasteiger partial charge in [0.1, 0.15) is 5.69 Å². The van der Waals surface area contributed by atoms with Crippen molar-refractivity contribution in [3.63, 3.8) is 0 Å². The van der Waals surface area contributed by atoms with E-state index in [4.69, 9.17) is 4.98 Å². The molecular weight excluding hydrogens is 438 g/mol. The molecule has 1 aromatic carbocycles. The van der Waals surface area contributed by atoms with Gasteiger partial charge in [-0.3, -0.25) is 4.79 Å². The number of benzene rings is 1. The van der Waals surface area contributed by atoms with Crippen molar-refractivity contribution in [2.24, 2.45) is 0 Å². The van der Waals surface area contributed by atoms with Crippen molar-refractivity contribution in [1.29, 1.82) is 0 Å². The van der Waals surface area contributed by atoms with Gasteiger partial charge in [0.2, 0.25) is 10.0 Å². The molecule has 0 bridgehead atoms. The molecule has 0 saturated carbocycles. The first kappa shape index (κ1) is 23.6. The Morgan fingerprint density at radius 2 is 1.97 bits per heavy atom. The minimum Gasteiger partial charge on any atom is -0.396 e. The zero-order valence-electron chi connectivity index (χ0n) is 19.4. The third kappa shape index (κ3) is 4.74. The van der Waals surface area contributed by atoms with Gasteiger partial charge in [0.15, 0.2) is 0 Å². The van der Waals surface area contributed by atoms with Crippen LogP contribution in [-0.2, 0) is 16.6 Å². The molecule has 2 aliphatic rings.